The van der Waals surface area contributed by atoms with Crippen LogP contribution in [0.1, 0.15) is 12.8 Å². The first kappa shape index (κ1) is 25.5. The van der Waals surface area contributed by atoms with Crippen LogP contribution in [0.4, 0.5) is 17.3 Å². The van der Waals surface area contributed by atoms with Gasteiger partial charge in [0.05, 0.1) is 37.3 Å². The maximum atomic E-state index is 5.79. The lowest BCUT2D eigenvalue weighted by atomic mass is 10.0. The summed E-state index contributed by atoms with van der Waals surface area (Å²) < 4.78 is 13.3. The largest absolute Gasteiger partial charge is 0.496 e. The van der Waals surface area contributed by atoms with E-state index in [1.807, 2.05) is 47.1 Å². The van der Waals surface area contributed by atoms with Crippen molar-refractivity contribution in [1.29, 1.82) is 0 Å². The minimum absolute atomic E-state index is 0.494. The van der Waals surface area contributed by atoms with Crippen LogP contribution in [-0.2, 0) is 0 Å². The summed E-state index contributed by atoms with van der Waals surface area (Å²) in [5.41, 5.74) is 4.84. The molecule has 2 aliphatic heterocycles. The number of rotatable bonds is 7. The van der Waals surface area contributed by atoms with E-state index in [4.69, 9.17) is 14.6 Å². The molecule has 2 aromatic heterocycles. The van der Waals surface area contributed by atoms with Gasteiger partial charge in [-0.3, -0.25) is 4.90 Å². The molecule has 0 spiro atoms. The van der Waals surface area contributed by atoms with Crippen LogP contribution < -0.4 is 19.7 Å². The maximum absolute atomic E-state index is 5.79. The fraction of sp³-hybridized carbons (Fsp3) is 0.400. The van der Waals surface area contributed by atoms with E-state index in [2.05, 4.69) is 50.2 Å². The summed E-state index contributed by atoms with van der Waals surface area (Å²) in [5, 5.41) is 8.16. The average molecular weight is 528 g/mol. The number of para-hydroxylation sites is 1. The Morgan fingerprint density at radius 2 is 1.62 bits per heavy atom. The van der Waals surface area contributed by atoms with E-state index in [-0.39, 0.29) is 0 Å². The van der Waals surface area contributed by atoms with Gasteiger partial charge in [-0.2, -0.15) is 0 Å². The molecule has 204 valence electrons. The normalized spacial score (nSPS) is 17.5. The quantitative estimate of drug-likeness (QED) is 0.380. The van der Waals surface area contributed by atoms with Crippen molar-refractivity contribution in [3.8, 4) is 22.8 Å². The number of piperidine rings is 1. The topological polar surface area (TPSA) is 70.4 Å². The van der Waals surface area contributed by atoms with Gasteiger partial charge >= 0.3 is 0 Å². The molecule has 2 fully saturated rings. The number of benzene rings is 2. The highest BCUT2D eigenvalue weighted by Gasteiger charge is 2.27. The Labute approximate surface area is 229 Å². The molecule has 0 unspecified atom stereocenters. The molecule has 2 aromatic carbocycles. The maximum Gasteiger partial charge on any atom is 0.245 e. The standard InChI is InChI=1S/C30H37N7O2/c1-34-16-18-36(19-17-34)22-12-14-35(15-13-22)23-8-10-26(29(20-23)39-3)32-30-31-21-24-9-11-27(37(24)33-30)25-6-4-5-7-28(25)38-2/h4-11,20-22H,12-19H2,1-3H3,(H,32,33). The third-order valence-corrected chi connectivity index (χ3v) is 8.10. The van der Waals surface area contributed by atoms with Crippen LogP contribution in [0.2, 0.25) is 0 Å². The number of methoxy groups -OCH3 is 2. The zero-order valence-corrected chi connectivity index (χ0v) is 23.0. The number of ether oxygens (including phenoxy) is 2. The molecule has 0 aliphatic carbocycles. The van der Waals surface area contributed by atoms with Crippen molar-refractivity contribution >= 4 is 22.8 Å². The van der Waals surface area contributed by atoms with Crippen molar-refractivity contribution in [2.75, 3.05) is 70.8 Å². The zero-order chi connectivity index (χ0) is 26.8. The number of likely N-dealkylation sites (N-methyl/N-ethyl adjacent to an activating group) is 1. The Morgan fingerprint density at radius 1 is 0.846 bits per heavy atom. The summed E-state index contributed by atoms with van der Waals surface area (Å²) >= 11 is 0. The Kier molecular flexibility index (Phi) is 7.26. The summed E-state index contributed by atoms with van der Waals surface area (Å²) in [5.74, 6) is 2.07. The molecule has 1 N–H and O–H groups in total. The molecule has 4 aromatic rings. The van der Waals surface area contributed by atoms with E-state index in [1.54, 1.807) is 14.2 Å². The molecule has 4 heterocycles. The van der Waals surface area contributed by atoms with Crippen molar-refractivity contribution in [1.82, 2.24) is 24.4 Å². The molecule has 6 rings (SSSR count). The number of nitrogens with zero attached hydrogens (tertiary/aromatic N) is 6. The molecule has 9 heteroatoms. The molecule has 0 radical (unpaired) electrons. The monoisotopic (exact) mass is 527 g/mol. The summed E-state index contributed by atoms with van der Waals surface area (Å²) in [6.07, 6.45) is 4.22. The fourth-order valence-electron chi connectivity index (χ4n) is 5.80. The molecule has 39 heavy (non-hydrogen) atoms. The smallest absolute Gasteiger partial charge is 0.245 e. The lowest BCUT2D eigenvalue weighted by molar-refractivity contribution is 0.0982. The van der Waals surface area contributed by atoms with Crippen molar-refractivity contribution in [3.05, 3.63) is 60.8 Å². The molecule has 0 atom stereocenters. The van der Waals surface area contributed by atoms with Crippen LogP contribution in [0.15, 0.2) is 60.8 Å². The van der Waals surface area contributed by atoms with Crippen LogP contribution in [0, 0.1) is 0 Å². The number of hydrogen-bond donors (Lipinski definition) is 1. The first-order valence-corrected chi connectivity index (χ1v) is 13.7. The molecule has 2 saturated heterocycles. The number of anilines is 3. The third-order valence-electron chi connectivity index (χ3n) is 8.10. The molecule has 9 nitrogen and oxygen atoms in total. The van der Waals surface area contributed by atoms with Crippen LogP contribution in [0.3, 0.4) is 0 Å². The second kappa shape index (κ2) is 11.1. The van der Waals surface area contributed by atoms with Gasteiger partial charge < -0.3 is 24.6 Å². The number of nitrogens with one attached hydrogen (secondary N) is 1. The third kappa shape index (κ3) is 5.24. The van der Waals surface area contributed by atoms with E-state index in [0.29, 0.717) is 12.0 Å². The van der Waals surface area contributed by atoms with Gasteiger partial charge in [0.1, 0.15) is 11.5 Å². The van der Waals surface area contributed by atoms with Gasteiger partial charge in [-0.05, 0) is 56.3 Å². The Balaban J connectivity index is 1.17. The van der Waals surface area contributed by atoms with E-state index in [1.165, 1.54) is 44.7 Å². The first-order valence-electron chi connectivity index (χ1n) is 13.7. The minimum atomic E-state index is 0.494. The van der Waals surface area contributed by atoms with E-state index in [9.17, 15) is 0 Å². The SMILES string of the molecule is COc1cc(N2CCC(N3CCN(C)CC3)CC2)ccc1Nc1ncc2ccc(-c3ccccc3OC)n2n1. The predicted octanol–water partition coefficient (Wildman–Crippen LogP) is 4.37. The van der Waals surface area contributed by atoms with Crippen molar-refractivity contribution in [2.45, 2.75) is 18.9 Å². The number of aromatic nitrogens is 3. The van der Waals surface area contributed by atoms with Crippen molar-refractivity contribution < 1.29 is 9.47 Å². The Hall–Kier alpha value is -3.82. The molecule has 0 saturated carbocycles. The second-order valence-electron chi connectivity index (χ2n) is 10.4. The zero-order valence-electron chi connectivity index (χ0n) is 23.0. The highest BCUT2D eigenvalue weighted by molar-refractivity contribution is 5.72. The number of piperazine rings is 1. The van der Waals surface area contributed by atoms with Gasteiger partial charge in [-0.15, -0.1) is 5.10 Å². The van der Waals surface area contributed by atoms with Crippen LogP contribution >= 0.6 is 0 Å². The van der Waals surface area contributed by atoms with E-state index < -0.39 is 0 Å². The fourth-order valence-corrected chi connectivity index (χ4v) is 5.80. The van der Waals surface area contributed by atoms with Gasteiger partial charge in [0, 0.05) is 62.6 Å². The van der Waals surface area contributed by atoms with Gasteiger partial charge in [0.2, 0.25) is 5.95 Å². The lowest BCUT2D eigenvalue weighted by Crippen LogP contribution is -2.52. The molecule has 0 bridgehead atoms. The van der Waals surface area contributed by atoms with Gasteiger partial charge in [-0.1, -0.05) is 12.1 Å². The first-order chi connectivity index (χ1) is 19.1. The highest BCUT2D eigenvalue weighted by atomic mass is 16.5. The highest BCUT2D eigenvalue weighted by Crippen LogP contribution is 2.34. The number of hydrogen-bond acceptors (Lipinski definition) is 8. The van der Waals surface area contributed by atoms with Gasteiger partial charge in [-0.25, -0.2) is 9.50 Å². The summed E-state index contributed by atoms with van der Waals surface area (Å²) in [7, 11) is 5.61. The molecule has 2 aliphatic rings. The Morgan fingerprint density at radius 3 is 2.38 bits per heavy atom. The lowest BCUT2D eigenvalue weighted by Gasteiger charge is -2.42. The summed E-state index contributed by atoms with van der Waals surface area (Å²) in [6, 6.07) is 19.0. The van der Waals surface area contributed by atoms with Gasteiger partial charge in [0.15, 0.2) is 0 Å². The van der Waals surface area contributed by atoms with Crippen LogP contribution in [0.5, 0.6) is 11.5 Å². The summed E-state index contributed by atoms with van der Waals surface area (Å²) in [4.78, 5) is 12.1. The van der Waals surface area contributed by atoms with E-state index in [0.717, 1.165) is 47.1 Å². The average Bonchev–Trinajstić information content (AvgIpc) is 3.41. The Bertz CT molecular complexity index is 1420. The minimum Gasteiger partial charge on any atom is -0.496 e. The van der Waals surface area contributed by atoms with Crippen LogP contribution in [-0.4, -0.2) is 91.0 Å². The molecule has 0 amide bonds. The summed E-state index contributed by atoms with van der Waals surface area (Å²) in [6.45, 7) is 6.85. The predicted molar refractivity (Wildman–Crippen MR) is 156 cm³/mol. The molecular weight excluding hydrogens is 490 g/mol. The van der Waals surface area contributed by atoms with E-state index >= 15 is 0 Å². The van der Waals surface area contributed by atoms with Crippen LogP contribution in [0.25, 0.3) is 16.8 Å². The molecular formula is C30H37N7O2. The van der Waals surface area contributed by atoms with Crippen molar-refractivity contribution in [2.24, 2.45) is 0 Å². The van der Waals surface area contributed by atoms with Gasteiger partial charge in [0.25, 0.3) is 0 Å². The number of fused-ring (bicyclic) bond motifs is 1. The van der Waals surface area contributed by atoms with Crippen molar-refractivity contribution in [3.63, 3.8) is 0 Å². The second-order valence-corrected chi connectivity index (χ2v) is 10.4.